The Balaban J connectivity index is 5.45. The molecule has 0 aromatic carbocycles. The Kier molecular flexibility index (Phi) is 16.9. The Hall–Kier alpha value is -2.24. The van der Waals surface area contributed by atoms with Crippen molar-refractivity contribution in [2.45, 2.75) is 103 Å². The van der Waals surface area contributed by atoms with Crippen molar-refractivity contribution in [1.82, 2.24) is 16.0 Å². The van der Waals surface area contributed by atoms with Crippen LogP contribution >= 0.6 is 0 Å². The molecule has 0 aliphatic carbocycles. The summed E-state index contributed by atoms with van der Waals surface area (Å²) in [4.78, 5) is 50.3. The van der Waals surface area contributed by atoms with Gasteiger partial charge in [-0.25, -0.2) is 4.79 Å². The van der Waals surface area contributed by atoms with E-state index in [4.69, 9.17) is 17.2 Å². The van der Waals surface area contributed by atoms with Gasteiger partial charge in [0.1, 0.15) is 18.1 Å². The van der Waals surface area contributed by atoms with E-state index in [2.05, 4.69) is 16.0 Å². The van der Waals surface area contributed by atoms with Crippen LogP contribution in [0.1, 0.15) is 79.1 Å². The highest BCUT2D eigenvalue weighted by Crippen LogP contribution is 2.10. The number of nitrogens with two attached hydrogens (primary N) is 3. The lowest BCUT2D eigenvalue weighted by Gasteiger charge is -2.26. The number of unbranched alkanes of at least 4 members (excludes halogenated alkanes) is 2. The van der Waals surface area contributed by atoms with Crippen molar-refractivity contribution in [2.75, 3.05) is 13.1 Å². The molecule has 0 aromatic heterocycles. The molecule has 0 heterocycles. The lowest BCUT2D eigenvalue weighted by atomic mass is 10.00. The average molecular weight is 501 g/mol. The SMILES string of the molecule is CC(C)CC(N)C(=O)NC(CCCCN)C(=O)NC(CC(C)C)C(=O)NC(CCCCN)C(=O)O. The molecule has 0 aromatic rings. The number of hydrogen-bond acceptors (Lipinski definition) is 7. The Morgan fingerprint density at radius 1 is 0.657 bits per heavy atom. The van der Waals surface area contributed by atoms with Crippen LogP contribution in [0.4, 0.5) is 0 Å². The number of amides is 3. The van der Waals surface area contributed by atoms with E-state index in [1.807, 2.05) is 27.7 Å². The fourth-order valence-electron chi connectivity index (χ4n) is 3.65. The topological polar surface area (TPSA) is 203 Å². The van der Waals surface area contributed by atoms with Crippen molar-refractivity contribution in [3.63, 3.8) is 0 Å². The highest BCUT2D eigenvalue weighted by molar-refractivity contribution is 5.94. The van der Waals surface area contributed by atoms with Crippen LogP contribution in [0.5, 0.6) is 0 Å². The van der Waals surface area contributed by atoms with E-state index in [1.165, 1.54) is 0 Å². The Morgan fingerprint density at radius 2 is 1.09 bits per heavy atom. The number of carbonyl (C=O) groups excluding carboxylic acids is 3. The summed E-state index contributed by atoms with van der Waals surface area (Å²) in [5.41, 5.74) is 17.0. The summed E-state index contributed by atoms with van der Waals surface area (Å²) in [7, 11) is 0. The van der Waals surface area contributed by atoms with E-state index in [1.54, 1.807) is 0 Å². The molecule has 0 fully saturated rings. The molecule has 0 rings (SSSR count). The third kappa shape index (κ3) is 14.7. The Bertz CT molecular complexity index is 658. The standard InChI is InChI=1S/C24H48N6O5/c1-15(2)13-17(27)21(31)28-18(9-5-7-11-25)22(32)30-20(14-16(3)4)23(33)29-19(24(34)35)10-6-8-12-26/h15-20H,5-14,25-27H2,1-4H3,(H,28,31)(H,29,33)(H,30,32)(H,34,35). The lowest BCUT2D eigenvalue weighted by Crippen LogP contribution is -2.57. The summed E-state index contributed by atoms with van der Waals surface area (Å²) >= 11 is 0. The first kappa shape index (κ1) is 32.8. The van der Waals surface area contributed by atoms with Crippen LogP contribution in [0.15, 0.2) is 0 Å². The first-order valence-corrected chi connectivity index (χ1v) is 12.7. The van der Waals surface area contributed by atoms with Gasteiger partial charge in [-0.2, -0.15) is 0 Å². The van der Waals surface area contributed by atoms with Crippen LogP contribution in [0.25, 0.3) is 0 Å². The molecule has 0 aliphatic rings. The van der Waals surface area contributed by atoms with Crippen molar-refractivity contribution >= 4 is 23.7 Å². The maximum atomic E-state index is 13.1. The Morgan fingerprint density at radius 3 is 1.54 bits per heavy atom. The largest absolute Gasteiger partial charge is 0.480 e. The number of aliphatic carboxylic acids is 1. The van der Waals surface area contributed by atoms with Gasteiger partial charge < -0.3 is 38.3 Å². The number of carbonyl (C=O) groups is 4. The van der Waals surface area contributed by atoms with Gasteiger partial charge in [-0.1, -0.05) is 27.7 Å². The van der Waals surface area contributed by atoms with Gasteiger partial charge >= 0.3 is 5.97 Å². The second-order valence-corrected chi connectivity index (χ2v) is 9.96. The third-order valence-electron chi connectivity index (χ3n) is 5.54. The maximum Gasteiger partial charge on any atom is 0.326 e. The molecule has 4 atom stereocenters. The summed E-state index contributed by atoms with van der Waals surface area (Å²) in [6.45, 7) is 8.59. The van der Waals surface area contributed by atoms with Gasteiger partial charge in [0.15, 0.2) is 0 Å². The van der Waals surface area contributed by atoms with E-state index >= 15 is 0 Å². The second-order valence-electron chi connectivity index (χ2n) is 9.96. The lowest BCUT2D eigenvalue weighted by molar-refractivity contribution is -0.142. The molecular weight excluding hydrogens is 452 g/mol. The molecule has 0 saturated heterocycles. The van der Waals surface area contributed by atoms with E-state index in [0.717, 1.165) is 0 Å². The van der Waals surface area contributed by atoms with Gasteiger partial charge in [-0.05, 0) is 76.3 Å². The normalized spacial score (nSPS) is 14.8. The minimum atomic E-state index is -1.14. The van der Waals surface area contributed by atoms with Gasteiger partial charge in [-0.3, -0.25) is 14.4 Å². The summed E-state index contributed by atoms with van der Waals surface area (Å²) in [5, 5.41) is 17.5. The number of nitrogens with one attached hydrogen (secondary N) is 3. The van der Waals surface area contributed by atoms with Crippen molar-refractivity contribution in [3.8, 4) is 0 Å². The van der Waals surface area contributed by atoms with Crippen LogP contribution in [0.2, 0.25) is 0 Å². The maximum absolute atomic E-state index is 13.1. The highest BCUT2D eigenvalue weighted by atomic mass is 16.4. The second kappa shape index (κ2) is 18.1. The molecule has 0 aliphatic heterocycles. The molecule has 10 N–H and O–H groups in total. The van der Waals surface area contributed by atoms with Crippen LogP contribution in [0, 0.1) is 11.8 Å². The molecule has 4 unspecified atom stereocenters. The van der Waals surface area contributed by atoms with Crippen molar-refractivity contribution < 1.29 is 24.3 Å². The number of carboxylic acid groups (broad SMARTS) is 1. The van der Waals surface area contributed by atoms with Gasteiger partial charge in [0, 0.05) is 0 Å². The van der Waals surface area contributed by atoms with Gasteiger partial charge in [-0.15, -0.1) is 0 Å². The number of hydrogen-bond donors (Lipinski definition) is 7. The van der Waals surface area contributed by atoms with Crippen LogP contribution in [0.3, 0.4) is 0 Å². The molecule has 11 nitrogen and oxygen atoms in total. The molecule has 0 bridgehead atoms. The first-order chi connectivity index (χ1) is 16.4. The predicted octanol–water partition coefficient (Wildman–Crippen LogP) is 0.203. The van der Waals surface area contributed by atoms with Gasteiger partial charge in [0.05, 0.1) is 6.04 Å². The number of carboxylic acids is 1. The zero-order chi connectivity index (χ0) is 27.0. The summed E-state index contributed by atoms with van der Waals surface area (Å²) in [6, 6.07) is -3.65. The fourth-order valence-corrected chi connectivity index (χ4v) is 3.65. The highest BCUT2D eigenvalue weighted by Gasteiger charge is 2.30. The van der Waals surface area contributed by atoms with Gasteiger partial charge in [0.25, 0.3) is 0 Å². The predicted molar refractivity (Wildman–Crippen MR) is 136 cm³/mol. The smallest absolute Gasteiger partial charge is 0.326 e. The fraction of sp³-hybridized carbons (Fsp3) is 0.833. The molecule has 0 saturated carbocycles. The van der Waals surface area contributed by atoms with Crippen LogP contribution in [-0.4, -0.2) is 66.1 Å². The van der Waals surface area contributed by atoms with Crippen LogP contribution in [-0.2, 0) is 19.2 Å². The monoisotopic (exact) mass is 500 g/mol. The minimum absolute atomic E-state index is 0.0521. The van der Waals surface area contributed by atoms with E-state index in [-0.39, 0.29) is 18.3 Å². The van der Waals surface area contributed by atoms with Crippen LogP contribution < -0.4 is 33.2 Å². The van der Waals surface area contributed by atoms with Crippen molar-refractivity contribution in [1.29, 1.82) is 0 Å². The van der Waals surface area contributed by atoms with E-state index < -0.39 is 47.9 Å². The van der Waals surface area contributed by atoms with E-state index in [0.29, 0.717) is 58.0 Å². The van der Waals surface area contributed by atoms with Gasteiger partial charge in [0.2, 0.25) is 17.7 Å². The summed E-state index contributed by atoms with van der Waals surface area (Å²) in [5.74, 6) is -2.39. The molecule has 204 valence electrons. The zero-order valence-corrected chi connectivity index (χ0v) is 21.8. The number of rotatable bonds is 19. The molecule has 35 heavy (non-hydrogen) atoms. The molecular formula is C24H48N6O5. The summed E-state index contributed by atoms with van der Waals surface area (Å²) in [6.07, 6.45) is 3.86. The zero-order valence-electron chi connectivity index (χ0n) is 21.8. The first-order valence-electron chi connectivity index (χ1n) is 12.7. The Labute approximate surface area is 209 Å². The molecule has 0 spiro atoms. The van der Waals surface area contributed by atoms with E-state index in [9.17, 15) is 24.3 Å². The molecule has 3 amide bonds. The minimum Gasteiger partial charge on any atom is -0.480 e. The summed E-state index contributed by atoms with van der Waals surface area (Å²) < 4.78 is 0. The molecule has 0 radical (unpaired) electrons. The average Bonchev–Trinajstić information content (AvgIpc) is 2.76. The van der Waals surface area contributed by atoms with Crippen molar-refractivity contribution in [3.05, 3.63) is 0 Å². The molecule has 11 heteroatoms. The third-order valence-corrected chi connectivity index (χ3v) is 5.54. The quantitative estimate of drug-likeness (QED) is 0.122. The van der Waals surface area contributed by atoms with Crippen molar-refractivity contribution in [2.24, 2.45) is 29.0 Å².